The summed E-state index contributed by atoms with van der Waals surface area (Å²) in [6.45, 7) is 1.86. The number of rotatable bonds is 4. The van der Waals surface area contributed by atoms with Crippen LogP contribution >= 0.6 is 24.0 Å². The van der Waals surface area contributed by atoms with Gasteiger partial charge in [-0.2, -0.15) is 0 Å². The van der Waals surface area contributed by atoms with Gasteiger partial charge in [-0.1, -0.05) is 66.4 Å². The molecule has 2 aromatic carbocycles. The highest BCUT2D eigenvalue weighted by molar-refractivity contribution is 8.26. The van der Waals surface area contributed by atoms with Gasteiger partial charge in [0.05, 0.1) is 4.91 Å². The number of carbonyl (C=O) groups excluding carboxylic acids is 2. The molecule has 4 nitrogen and oxygen atoms in total. The van der Waals surface area contributed by atoms with Crippen LogP contribution in [0.1, 0.15) is 11.1 Å². The van der Waals surface area contributed by atoms with Gasteiger partial charge < -0.3 is 5.32 Å². The molecule has 6 heteroatoms. The lowest BCUT2D eigenvalue weighted by molar-refractivity contribution is -0.126. The highest BCUT2D eigenvalue weighted by Gasteiger charge is 2.33. The summed E-state index contributed by atoms with van der Waals surface area (Å²) in [6.07, 6.45) is 1.79. The number of aryl methyl sites for hydroxylation is 1. The van der Waals surface area contributed by atoms with E-state index in [1.54, 1.807) is 6.08 Å². The zero-order valence-electron chi connectivity index (χ0n) is 13.6. The normalized spacial score (nSPS) is 15.7. The second kappa shape index (κ2) is 7.63. The quantitative estimate of drug-likeness (QED) is 0.658. The van der Waals surface area contributed by atoms with Crippen LogP contribution in [0.4, 0.5) is 5.69 Å². The van der Waals surface area contributed by atoms with E-state index in [1.807, 2.05) is 61.5 Å². The summed E-state index contributed by atoms with van der Waals surface area (Å²) >= 11 is 6.48. The standard InChI is InChI=1S/C19H16N2O2S2/c1-13-6-5-9-15(10-13)20-17(22)12-21-18(23)16(25-19(21)24)11-14-7-3-2-4-8-14/h2-11H,12H2,1H3,(H,20,22)/b16-11-. The van der Waals surface area contributed by atoms with Crippen molar-refractivity contribution in [3.63, 3.8) is 0 Å². The average Bonchev–Trinajstić information content (AvgIpc) is 2.83. The van der Waals surface area contributed by atoms with Gasteiger partial charge in [0.25, 0.3) is 5.91 Å². The molecule has 0 atom stereocenters. The summed E-state index contributed by atoms with van der Waals surface area (Å²) < 4.78 is 0.395. The van der Waals surface area contributed by atoms with E-state index in [0.29, 0.717) is 14.9 Å². The van der Waals surface area contributed by atoms with Crippen LogP contribution in [-0.2, 0) is 9.59 Å². The molecule has 0 bridgehead atoms. The number of benzene rings is 2. The third kappa shape index (κ3) is 4.35. The van der Waals surface area contributed by atoms with E-state index in [2.05, 4.69) is 5.32 Å². The molecule has 2 aromatic rings. The highest BCUT2D eigenvalue weighted by Crippen LogP contribution is 2.32. The molecule has 0 aromatic heterocycles. The first-order chi connectivity index (χ1) is 12.0. The van der Waals surface area contributed by atoms with Gasteiger partial charge in [0.1, 0.15) is 10.9 Å². The van der Waals surface area contributed by atoms with Crippen molar-refractivity contribution in [3.8, 4) is 0 Å². The lowest BCUT2D eigenvalue weighted by Gasteiger charge is -2.14. The molecular weight excluding hydrogens is 352 g/mol. The molecule has 2 amide bonds. The molecule has 0 saturated carbocycles. The number of amides is 2. The van der Waals surface area contributed by atoms with Crippen molar-refractivity contribution in [2.24, 2.45) is 0 Å². The van der Waals surface area contributed by atoms with Crippen molar-refractivity contribution in [2.75, 3.05) is 11.9 Å². The molecule has 1 heterocycles. The topological polar surface area (TPSA) is 49.4 Å². The average molecular weight is 368 g/mol. The molecule has 0 aliphatic carbocycles. The van der Waals surface area contributed by atoms with Crippen LogP contribution in [0.15, 0.2) is 59.5 Å². The lowest BCUT2D eigenvalue weighted by Crippen LogP contribution is -2.36. The maximum atomic E-state index is 12.5. The van der Waals surface area contributed by atoms with Gasteiger partial charge in [-0.25, -0.2) is 0 Å². The van der Waals surface area contributed by atoms with Gasteiger partial charge >= 0.3 is 0 Å². The summed E-state index contributed by atoms with van der Waals surface area (Å²) in [5, 5.41) is 2.79. The van der Waals surface area contributed by atoms with Crippen LogP contribution in [0.3, 0.4) is 0 Å². The maximum absolute atomic E-state index is 12.5. The van der Waals surface area contributed by atoms with Gasteiger partial charge in [0.15, 0.2) is 0 Å². The van der Waals surface area contributed by atoms with E-state index < -0.39 is 0 Å². The predicted molar refractivity (Wildman–Crippen MR) is 106 cm³/mol. The van der Waals surface area contributed by atoms with Crippen LogP contribution in [0, 0.1) is 6.92 Å². The van der Waals surface area contributed by atoms with Crippen molar-refractivity contribution in [2.45, 2.75) is 6.92 Å². The highest BCUT2D eigenvalue weighted by atomic mass is 32.2. The van der Waals surface area contributed by atoms with Crippen LogP contribution < -0.4 is 5.32 Å². The van der Waals surface area contributed by atoms with Crippen LogP contribution in [-0.4, -0.2) is 27.6 Å². The molecular formula is C19H16N2O2S2. The van der Waals surface area contributed by atoms with Crippen LogP contribution in [0.25, 0.3) is 6.08 Å². The van der Waals surface area contributed by atoms with E-state index in [4.69, 9.17) is 12.2 Å². The molecule has 126 valence electrons. The van der Waals surface area contributed by atoms with Gasteiger partial charge in [-0.3, -0.25) is 14.5 Å². The van der Waals surface area contributed by atoms with Crippen molar-refractivity contribution < 1.29 is 9.59 Å². The molecule has 0 spiro atoms. The summed E-state index contributed by atoms with van der Waals surface area (Å²) in [7, 11) is 0. The SMILES string of the molecule is Cc1cccc(NC(=O)CN2C(=O)/C(=C/c3ccccc3)SC2=S)c1. The molecule has 0 radical (unpaired) electrons. The van der Waals surface area contributed by atoms with Crippen LogP contribution in [0.5, 0.6) is 0 Å². The third-order valence-corrected chi connectivity index (χ3v) is 4.95. The molecule has 3 rings (SSSR count). The number of nitrogens with zero attached hydrogens (tertiary/aromatic N) is 1. The zero-order valence-corrected chi connectivity index (χ0v) is 15.2. The van der Waals surface area contributed by atoms with Crippen molar-refractivity contribution in [3.05, 3.63) is 70.6 Å². The van der Waals surface area contributed by atoms with E-state index in [1.165, 1.54) is 16.7 Å². The van der Waals surface area contributed by atoms with Crippen molar-refractivity contribution in [1.29, 1.82) is 0 Å². The van der Waals surface area contributed by atoms with E-state index in [-0.39, 0.29) is 18.4 Å². The number of nitrogens with one attached hydrogen (secondary N) is 1. The second-order valence-electron chi connectivity index (χ2n) is 5.60. The Morgan fingerprint density at radius 2 is 1.96 bits per heavy atom. The van der Waals surface area contributed by atoms with E-state index in [9.17, 15) is 9.59 Å². The minimum Gasteiger partial charge on any atom is -0.325 e. The van der Waals surface area contributed by atoms with Gasteiger partial charge in [0, 0.05) is 5.69 Å². The van der Waals surface area contributed by atoms with Gasteiger partial charge in [0.2, 0.25) is 5.91 Å². The van der Waals surface area contributed by atoms with Crippen molar-refractivity contribution in [1.82, 2.24) is 4.90 Å². The summed E-state index contributed by atoms with van der Waals surface area (Å²) in [5.74, 6) is -0.513. The maximum Gasteiger partial charge on any atom is 0.266 e. The Morgan fingerprint density at radius 3 is 2.68 bits per heavy atom. The number of thioether (sulfide) groups is 1. The minimum absolute atomic E-state index is 0.0925. The smallest absolute Gasteiger partial charge is 0.266 e. The van der Waals surface area contributed by atoms with Crippen LogP contribution in [0.2, 0.25) is 0 Å². The molecule has 1 N–H and O–H groups in total. The summed E-state index contributed by atoms with van der Waals surface area (Å²) in [5.41, 5.74) is 2.68. The predicted octanol–water partition coefficient (Wildman–Crippen LogP) is 3.83. The second-order valence-corrected chi connectivity index (χ2v) is 7.27. The van der Waals surface area contributed by atoms with Gasteiger partial charge in [-0.15, -0.1) is 0 Å². The van der Waals surface area contributed by atoms with Gasteiger partial charge in [-0.05, 0) is 36.3 Å². The largest absolute Gasteiger partial charge is 0.325 e. The Kier molecular flexibility index (Phi) is 5.31. The fraction of sp³-hybridized carbons (Fsp3) is 0.105. The summed E-state index contributed by atoms with van der Waals surface area (Å²) in [4.78, 5) is 26.6. The van der Waals surface area contributed by atoms with E-state index in [0.717, 1.165) is 11.1 Å². The van der Waals surface area contributed by atoms with E-state index >= 15 is 0 Å². The first-order valence-electron chi connectivity index (χ1n) is 7.70. The number of anilines is 1. The molecule has 1 aliphatic heterocycles. The fourth-order valence-corrected chi connectivity index (χ4v) is 3.66. The Labute approximate surface area is 155 Å². The molecule has 1 fully saturated rings. The number of hydrogen-bond acceptors (Lipinski definition) is 4. The zero-order chi connectivity index (χ0) is 17.8. The first kappa shape index (κ1) is 17.4. The molecule has 1 saturated heterocycles. The monoisotopic (exact) mass is 368 g/mol. The molecule has 0 unspecified atom stereocenters. The fourth-order valence-electron chi connectivity index (χ4n) is 2.40. The number of hydrogen-bond donors (Lipinski definition) is 1. The van der Waals surface area contributed by atoms with Crippen molar-refractivity contribution >= 4 is 51.9 Å². The lowest BCUT2D eigenvalue weighted by atomic mass is 10.2. The Hall–Kier alpha value is -2.44. The third-order valence-electron chi connectivity index (χ3n) is 3.57. The molecule has 1 aliphatic rings. The first-order valence-corrected chi connectivity index (χ1v) is 8.92. The summed E-state index contributed by atoms with van der Waals surface area (Å²) in [6, 6.07) is 17.1. The Balaban J connectivity index is 1.68. The molecule has 25 heavy (non-hydrogen) atoms. The Bertz CT molecular complexity index is 863. The number of carbonyl (C=O) groups is 2. The Morgan fingerprint density at radius 1 is 1.20 bits per heavy atom. The minimum atomic E-state index is -0.275. The number of thiocarbonyl (C=S) groups is 1.